The molecule has 0 unspecified atom stereocenters. The van der Waals surface area contributed by atoms with E-state index in [-0.39, 0.29) is 0 Å². The maximum absolute atomic E-state index is 4.44. The second-order valence-electron chi connectivity index (χ2n) is 11.5. The molecule has 0 spiro atoms. The highest BCUT2D eigenvalue weighted by molar-refractivity contribution is 5.99. The molecule has 2 heteroatoms. The van der Waals surface area contributed by atoms with Crippen molar-refractivity contribution in [3.63, 3.8) is 0 Å². The predicted octanol–water partition coefficient (Wildman–Crippen LogP) is 11.0. The van der Waals surface area contributed by atoms with Crippen LogP contribution in [0.1, 0.15) is 28.8 Å². The summed E-state index contributed by atoms with van der Waals surface area (Å²) in [6.45, 7) is 4.44. The number of hydrogen-bond acceptors (Lipinski definition) is 1. The fraction of sp³-hybridized carbons (Fsp3) is 0.0476. The van der Waals surface area contributed by atoms with Gasteiger partial charge in [0.25, 0.3) is 0 Å². The van der Waals surface area contributed by atoms with E-state index in [1.54, 1.807) is 0 Å². The molecule has 1 aromatic heterocycles. The van der Waals surface area contributed by atoms with Crippen LogP contribution in [0.2, 0.25) is 0 Å². The van der Waals surface area contributed by atoms with Crippen LogP contribution in [0, 0.1) is 0 Å². The molecule has 0 N–H and O–H groups in total. The molecule has 1 aliphatic heterocycles. The molecule has 2 aliphatic rings. The van der Waals surface area contributed by atoms with E-state index in [2.05, 4.69) is 174 Å². The maximum Gasteiger partial charge on any atom is 0.0537 e. The summed E-state index contributed by atoms with van der Waals surface area (Å²) < 4.78 is 2.47. The third-order valence-electron chi connectivity index (χ3n) is 8.83. The molecule has 2 nitrogen and oxygen atoms in total. The van der Waals surface area contributed by atoms with E-state index in [0.29, 0.717) is 0 Å². The van der Waals surface area contributed by atoms with Crippen LogP contribution in [-0.2, 0) is 6.42 Å². The van der Waals surface area contributed by atoms with E-state index in [9.17, 15) is 0 Å². The lowest BCUT2D eigenvalue weighted by atomic mass is 9.89. The third-order valence-corrected chi connectivity index (χ3v) is 8.83. The summed E-state index contributed by atoms with van der Waals surface area (Å²) in [5.41, 5.74) is 14.7. The van der Waals surface area contributed by atoms with Gasteiger partial charge in [-0.3, -0.25) is 0 Å². The third kappa shape index (κ3) is 4.53. The van der Waals surface area contributed by atoms with Crippen molar-refractivity contribution in [1.82, 2.24) is 4.57 Å². The Morgan fingerprint density at radius 1 is 0.591 bits per heavy atom. The van der Waals surface area contributed by atoms with Gasteiger partial charge in [0, 0.05) is 39.8 Å². The van der Waals surface area contributed by atoms with Crippen LogP contribution < -0.4 is 4.90 Å². The van der Waals surface area contributed by atoms with E-state index >= 15 is 0 Å². The molecular weight excluding hydrogens is 532 g/mol. The van der Waals surface area contributed by atoms with Gasteiger partial charge in [-0.15, -0.1) is 0 Å². The smallest absolute Gasteiger partial charge is 0.0537 e. The monoisotopic (exact) mass is 564 g/mol. The first-order chi connectivity index (χ1) is 21.7. The topological polar surface area (TPSA) is 8.17 Å². The van der Waals surface area contributed by atoms with Gasteiger partial charge in [0.15, 0.2) is 0 Å². The molecule has 44 heavy (non-hydrogen) atoms. The highest BCUT2D eigenvalue weighted by Gasteiger charge is 2.23. The molecule has 0 bridgehead atoms. The summed E-state index contributed by atoms with van der Waals surface area (Å²) in [6.07, 6.45) is 12.8. The van der Waals surface area contributed by atoms with Gasteiger partial charge < -0.3 is 9.47 Å². The summed E-state index contributed by atoms with van der Waals surface area (Å²) in [4.78, 5) is 2.25. The lowest BCUT2D eigenvalue weighted by Gasteiger charge is -2.26. The summed E-state index contributed by atoms with van der Waals surface area (Å²) in [6, 6.07) is 45.8. The second kappa shape index (κ2) is 10.9. The van der Waals surface area contributed by atoms with E-state index in [1.807, 2.05) is 0 Å². The molecule has 6 aromatic rings. The van der Waals surface area contributed by atoms with Crippen LogP contribution in [0.4, 0.5) is 11.4 Å². The standard InChI is InChI=1S/C42H32N2/c1-30-13-10-11-26-43(35-17-6-3-7-18-35)40-24-22-33(28-38(30)40)34-23-25-42-39(29-34)37-20-8-9-21-41(37)44(42)36-19-12-16-32(27-36)31-14-4-2-5-15-31/h2-22,24,26-29H,1,23,25H2/b13-10-,26-11-. The first-order valence-electron chi connectivity index (χ1n) is 15.3. The zero-order chi connectivity index (χ0) is 29.5. The van der Waals surface area contributed by atoms with Crippen LogP contribution in [-0.4, -0.2) is 4.57 Å². The molecule has 2 heterocycles. The first-order valence-corrected chi connectivity index (χ1v) is 15.3. The van der Waals surface area contributed by atoms with Gasteiger partial charge in [-0.25, -0.2) is 0 Å². The van der Waals surface area contributed by atoms with Gasteiger partial charge in [0.1, 0.15) is 0 Å². The minimum Gasteiger partial charge on any atom is -0.317 e. The predicted molar refractivity (Wildman–Crippen MR) is 187 cm³/mol. The molecular formula is C42H32N2. The van der Waals surface area contributed by atoms with Gasteiger partial charge in [-0.2, -0.15) is 0 Å². The number of aromatic nitrogens is 1. The van der Waals surface area contributed by atoms with Gasteiger partial charge in [0.2, 0.25) is 0 Å². The average Bonchev–Trinajstić information content (AvgIpc) is 3.42. The van der Waals surface area contributed by atoms with E-state index in [1.165, 1.54) is 50.1 Å². The normalized spacial score (nSPS) is 15.6. The van der Waals surface area contributed by atoms with Crippen molar-refractivity contribution < 1.29 is 0 Å². The Morgan fingerprint density at radius 2 is 1.34 bits per heavy atom. The number of anilines is 2. The first kappa shape index (κ1) is 26.1. The van der Waals surface area contributed by atoms with Crippen LogP contribution in [0.25, 0.3) is 44.9 Å². The average molecular weight is 565 g/mol. The zero-order valence-corrected chi connectivity index (χ0v) is 24.5. The highest BCUT2D eigenvalue weighted by Crippen LogP contribution is 2.41. The summed E-state index contributed by atoms with van der Waals surface area (Å²) in [5.74, 6) is 0. The van der Waals surface area contributed by atoms with E-state index in [4.69, 9.17) is 0 Å². The number of hydrogen-bond donors (Lipinski definition) is 0. The fourth-order valence-electron chi connectivity index (χ4n) is 6.70. The van der Waals surface area contributed by atoms with Gasteiger partial charge in [0.05, 0.1) is 11.2 Å². The summed E-state index contributed by atoms with van der Waals surface area (Å²) in [7, 11) is 0. The Kier molecular flexibility index (Phi) is 6.46. The molecule has 1 aliphatic carbocycles. The SMILES string of the molecule is C=C1/C=C\C=C/N(c2ccccc2)c2ccc(C3=Cc4c(n(-c5cccc(-c6ccccc6)c5)c5ccccc45)CC3)cc21. The van der Waals surface area contributed by atoms with Crippen molar-refractivity contribution in [1.29, 1.82) is 0 Å². The van der Waals surface area contributed by atoms with Gasteiger partial charge in [-0.1, -0.05) is 104 Å². The molecule has 0 saturated carbocycles. The van der Waals surface area contributed by atoms with Gasteiger partial charge in [-0.05, 0) is 95.3 Å². The Labute approximate surface area is 258 Å². The number of para-hydroxylation sites is 2. The van der Waals surface area contributed by atoms with Crippen LogP contribution in [0.3, 0.4) is 0 Å². The van der Waals surface area contributed by atoms with E-state index in [0.717, 1.165) is 35.4 Å². The second-order valence-corrected chi connectivity index (χ2v) is 11.5. The lowest BCUT2D eigenvalue weighted by Crippen LogP contribution is -2.11. The highest BCUT2D eigenvalue weighted by atomic mass is 15.1. The quantitative estimate of drug-likeness (QED) is 0.207. The fourth-order valence-corrected chi connectivity index (χ4v) is 6.70. The summed E-state index contributed by atoms with van der Waals surface area (Å²) >= 11 is 0. The Morgan fingerprint density at radius 3 is 2.20 bits per heavy atom. The molecule has 8 rings (SSSR count). The number of allylic oxidation sites excluding steroid dienone is 5. The number of rotatable bonds is 4. The van der Waals surface area contributed by atoms with Crippen LogP contribution in [0.15, 0.2) is 158 Å². The van der Waals surface area contributed by atoms with Crippen molar-refractivity contribution >= 4 is 39.5 Å². The Bertz CT molecular complexity index is 2120. The minimum absolute atomic E-state index is 0.974. The minimum atomic E-state index is 0.974. The molecule has 0 fully saturated rings. The van der Waals surface area contributed by atoms with Gasteiger partial charge >= 0.3 is 0 Å². The molecule has 0 atom stereocenters. The van der Waals surface area contributed by atoms with E-state index < -0.39 is 0 Å². The van der Waals surface area contributed by atoms with Crippen molar-refractivity contribution in [3.05, 3.63) is 181 Å². The van der Waals surface area contributed by atoms with Crippen molar-refractivity contribution in [2.45, 2.75) is 12.8 Å². The Hall–Kier alpha value is -5.60. The van der Waals surface area contributed by atoms with Crippen LogP contribution in [0.5, 0.6) is 0 Å². The summed E-state index contributed by atoms with van der Waals surface area (Å²) in [5, 5.41) is 1.30. The molecule has 5 aromatic carbocycles. The number of fused-ring (bicyclic) bond motifs is 4. The molecule has 0 amide bonds. The van der Waals surface area contributed by atoms with Crippen LogP contribution >= 0.6 is 0 Å². The largest absolute Gasteiger partial charge is 0.317 e. The van der Waals surface area contributed by atoms with Crippen molar-refractivity contribution in [2.75, 3.05) is 4.90 Å². The lowest BCUT2D eigenvalue weighted by molar-refractivity contribution is 0.898. The van der Waals surface area contributed by atoms with Crippen molar-refractivity contribution in [3.8, 4) is 16.8 Å². The number of benzene rings is 5. The molecule has 0 saturated heterocycles. The molecule has 0 radical (unpaired) electrons. The zero-order valence-electron chi connectivity index (χ0n) is 24.5. The maximum atomic E-state index is 4.44. The number of nitrogens with zero attached hydrogens (tertiary/aromatic N) is 2. The Balaban J connectivity index is 1.24. The molecule has 210 valence electrons. The van der Waals surface area contributed by atoms with Crippen molar-refractivity contribution in [2.24, 2.45) is 0 Å².